The van der Waals surface area contributed by atoms with Crippen LogP contribution in [-0.4, -0.2) is 37.8 Å². The molecule has 0 saturated carbocycles. The van der Waals surface area contributed by atoms with Crippen LogP contribution >= 0.6 is 0 Å². The number of hydrogen-bond acceptors (Lipinski definition) is 4. The van der Waals surface area contributed by atoms with Crippen LogP contribution in [0.5, 0.6) is 5.75 Å². The molecule has 0 fully saturated rings. The van der Waals surface area contributed by atoms with Crippen molar-refractivity contribution in [2.75, 3.05) is 19.7 Å². The fraction of sp³-hybridized carbons (Fsp3) is 0.211. The van der Waals surface area contributed by atoms with E-state index in [9.17, 15) is 18.8 Å². The Labute approximate surface area is 150 Å². The van der Waals surface area contributed by atoms with Gasteiger partial charge in [-0.3, -0.25) is 14.4 Å². The molecule has 0 spiro atoms. The number of para-hydroxylation sites is 1. The summed E-state index contributed by atoms with van der Waals surface area (Å²) in [6.07, 6.45) is 0.649. The van der Waals surface area contributed by atoms with E-state index in [4.69, 9.17) is 4.74 Å². The van der Waals surface area contributed by atoms with E-state index < -0.39 is 11.7 Å². The molecular formula is C19H19FN2O4. The van der Waals surface area contributed by atoms with E-state index in [0.29, 0.717) is 23.2 Å². The number of aryl methyl sites for hydroxylation is 1. The highest BCUT2D eigenvalue weighted by Crippen LogP contribution is 2.15. The predicted octanol–water partition coefficient (Wildman–Crippen LogP) is 1.87. The van der Waals surface area contributed by atoms with E-state index >= 15 is 0 Å². The van der Waals surface area contributed by atoms with Gasteiger partial charge >= 0.3 is 0 Å². The van der Waals surface area contributed by atoms with Gasteiger partial charge in [0, 0.05) is 18.7 Å². The molecule has 2 aromatic carbocycles. The van der Waals surface area contributed by atoms with Crippen LogP contribution in [0.1, 0.15) is 26.3 Å². The molecule has 0 bridgehead atoms. The van der Waals surface area contributed by atoms with Crippen molar-refractivity contribution in [2.24, 2.45) is 0 Å². The standard InChI is InChI=1S/C19H19FN2O4/c1-13-6-7-14(10-16(13)20)19(25)22-9-8-21-18(24)12-26-17-5-3-2-4-15(17)11-23/h2-7,10-11H,8-9,12H2,1H3,(H,21,24)(H,22,25). The molecule has 2 N–H and O–H groups in total. The molecule has 136 valence electrons. The summed E-state index contributed by atoms with van der Waals surface area (Å²) in [5, 5.41) is 5.16. The third-order valence-corrected chi connectivity index (χ3v) is 3.57. The average Bonchev–Trinajstić information content (AvgIpc) is 2.65. The summed E-state index contributed by atoms with van der Waals surface area (Å²) < 4.78 is 18.7. The van der Waals surface area contributed by atoms with Crippen molar-refractivity contribution in [3.8, 4) is 5.75 Å². The van der Waals surface area contributed by atoms with E-state index in [1.807, 2.05) is 0 Å². The summed E-state index contributed by atoms with van der Waals surface area (Å²) in [6.45, 7) is 1.74. The molecule has 2 rings (SSSR count). The van der Waals surface area contributed by atoms with Gasteiger partial charge in [0.2, 0.25) is 0 Å². The number of nitrogens with one attached hydrogen (secondary N) is 2. The summed E-state index contributed by atoms with van der Waals surface area (Å²) in [6, 6.07) is 10.8. The first-order valence-electron chi connectivity index (χ1n) is 7.99. The van der Waals surface area contributed by atoms with Crippen LogP contribution in [0.15, 0.2) is 42.5 Å². The number of carbonyl (C=O) groups excluding carboxylic acids is 3. The van der Waals surface area contributed by atoms with Crippen molar-refractivity contribution >= 4 is 18.1 Å². The number of hydrogen-bond donors (Lipinski definition) is 2. The third-order valence-electron chi connectivity index (χ3n) is 3.57. The van der Waals surface area contributed by atoms with E-state index in [2.05, 4.69) is 10.6 Å². The quantitative estimate of drug-likeness (QED) is 0.557. The van der Waals surface area contributed by atoms with Gasteiger partial charge in [-0.2, -0.15) is 0 Å². The average molecular weight is 358 g/mol. The highest BCUT2D eigenvalue weighted by molar-refractivity contribution is 5.94. The molecule has 2 amide bonds. The largest absolute Gasteiger partial charge is 0.483 e. The van der Waals surface area contributed by atoms with Crippen molar-refractivity contribution in [1.29, 1.82) is 0 Å². The van der Waals surface area contributed by atoms with Crippen LogP contribution in [0, 0.1) is 12.7 Å². The second-order valence-corrected chi connectivity index (χ2v) is 5.51. The molecule has 0 aliphatic carbocycles. The summed E-state index contributed by atoms with van der Waals surface area (Å²) in [4.78, 5) is 34.5. The number of aldehydes is 1. The minimum atomic E-state index is -0.446. The molecule has 2 aromatic rings. The van der Waals surface area contributed by atoms with E-state index in [1.165, 1.54) is 18.2 Å². The molecule has 0 radical (unpaired) electrons. The van der Waals surface area contributed by atoms with Crippen LogP contribution < -0.4 is 15.4 Å². The number of halogens is 1. The summed E-state index contributed by atoms with van der Waals surface area (Å²) in [5.74, 6) is -0.929. The Morgan fingerprint density at radius 3 is 2.58 bits per heavy atom. The highest BCUT2D eigenvalue weighted by atomic mass is 19.1. The van der Waals surface area contributed by atoms with Crippen molar-refractivity contribution in [3.05, 3.63) is 65.0 Å². The molecule has 6 nitrogen and oxygen atoms in total. The maximum Gasteiger partial charge on any atom is 0.258 e. The van der Waals surface area contributed by atoms with Crippen molar-refractivity contribution in [3.63, 3.8) is 0 Å². The fourth-order valence-corrected chi connectivity index (χ4v) is 2.12. The lowest BCUT2D eigenvalue weighted by atomic mass is 10.1. The molecule has 7 heteroatoms. The molecule has 26 heavy (non-hydrogen) atoms. The number of amides is 2. The van der Waals surface area contributed by atoms with Gasteiger partial charge in [0.05, 0.1) is 5.56 Å². The van der Waals surface area contributed by atoms with Gasteiger partial charge in [-0.15, -0.1) is 0 Å². The maximum absolute atomic E-state index is 13.4. The van der Waals surface area contributed by atoms with E-state index in [1.54, 1.807) is 31.2 Å². The van der Waals surface area contributed by atoms with Crippen LogP contribution in [0.3, 0.4) is 0 Å². The Kier molecular flexibility index (Phi) is 6.84. The molecule has 0 heterocycles. The monoisotopic (exact) mass is 358 g/mol. The third kappa shape index (κ3) is 5.41. The molecule has 0 aromatic heterocycles. The molecule has 0 aliphatic heterocycles. The van der Waals surface area contributed by atoms with Crippen molar-refractivity contribution < 1.29 is 23.5 Å². The van der Waals surface area contributed by atoms with Gasteiger partial charge in [-0.25, -0.2) is 4.39 Å². The zero-order chi connectivity index (χ0) is 18.9. The Bertz CT molecular complexity index is 808. The van der Waals surface area contributed by atoms with Gasteiger partial charge in [-0.1, -0.05) is 18.2 Å². The molecule has 0 unspecified atom stereocenters. The van der Waals surface area contributed by atoms with Crippen molar-refractivity contribution in [2.45, 2.75) is 6.92 Å². The Morgan fingerprint density at radius 1 is 1.12 bits per heavy atom. The SMILES string of the molecule is Cc1ccc(C(=O)NCCNC(=O)COc2ccccc2C=O)cc1F. The number of carbonyl (C=O) groups is 3. The normalized spacial score (nSPS) is 10.1. The topological polar surface area (TPSA) is 84.5 Å². The predicted molar refractivity (Wildman–Crippen MR) is 93.8 cm³/mol. The lowest BCUT2D eigenvalue weighted by Gasteiger charge is -2.10. The van der Waals surface area contributed by atoms with Gasteiger partial charge in [0.15, 0.2) is 12.9 Å². The fourth-order valence-electron chi connectivity index (χ4n) is 2.12. The maximum atomic E-state index is 13.4. The van der Waals surface area contributed by atoms with Gasteiger partial charge < -0.3 is 15.4 Å². The minimum absolute atomic E-state index is 0.186. The first-order valence-corrected chi connectivity index (χ1v) is 7.99. The minimum Gasteiger partial charge on any atom is -0.483 e. The number of rotatable bonds is 8. The van der Waals surface area contributed by atoms with Crippen LogP contribution in [0.4, 0.5) is 4.39 Å². The summed E-state index contributed by atoms with van der Waals surface area (Å²) >= 11 is 0. The second kappa shape index (κ2) is 9.31. The molecule has 0 aliphatic rings. The Balaban J connectivity index is 1.70. The van der Waals surface area contributed by atoms with Crippen LogP contribution in [-0.2, 0) is 4.79 Å². The molecule has 0 atom stereocenters. The molecular weight excluding hydrogens is 339 g/mol. The smallest absolute Gasteiger partial charge is 0.258 e. The van der Waals surface area contributed by atoms with Gasteiger partial charge in [-0.05, 0) is 36.8 Å². The van der Waals surface area contributed by atoms with Crippen molar-refractivity contribution in [1.82, 2.24) is 10.6 Å². The first kappa shape index (κ1) is 19.1. The molecule has 0 saturated heterocycles. The van der Waals surface area contributed by atoms with E-state index in [0.717, 1.165) is 0 Å². The first-order chi connectivity index (χ1) is 12.5. The zero-order valence-electron chi connectivity index (χ0n) is 14.3. The Hall–Kier alpha value is -3.22. The Morgan fingerprint density at radius 2 is 1.85 bits per heavy atom. The van der Waals surface area contributed by atoms with Gasteiger partial charge in [0.1, 0.15) is 11.6 Å². The lowest BCUT2D eigenvalue weighted by Crippen LogP contribution is -2.36. The number of benzene rings is 2. The second-order valence-electron chi connectivity index (χ2n) is 5.51. The van der Waals surface area contributed by atoms with Crippen LogP contribution in [0.25, 0.3) is 0 Å². The van der Waals surface area contributed by atoms with E-state index in [-0.39, 0.29) is 31.2 Å². The zero-order valence-corrected chi connectivity index (χ0v) is 14.3. The number of ether oxygens (including phenoxy) is 1. The summed E-state index contributed by atoms with van der Waals surface area (Å²) in [5.41, 5.74) is 1.04. The van der Waals surface area contributed by atoms with Crippen LogP contribution in [0.2, 0.25) is 0 Å². The lowest BCUT2D eigenvalue weighted by molar-refractivity contribution is -0.123. The van der Waals surface area contributed by atoms with Gasteiger partial charge in [0.25, 0.3) is 11.8 Å². The summed E-state index contributed by atoms with van der Waals surface area (Å²) in [7, 11) is 0. The highest BCUT2D eigenvalue weighted by Gasteiger charge is 2.09.